The van der Waals surface area contributed by atoms with Gasteiger partial charge in [0.1, 0.15) is 17.3 Å². The molecule has 0 fully saturated rings. The Kier molecular flexibility index (Phi) is 6.90. The standard InChI is InChI=1S/C12H18BrNO5S/c1-9-7-10(13)8-11(20(14,15)16)12(9)19-6-5-18-4-3-17-2/h7-8H,3-6H2,1-2H3,(H2,14,15,16). The molecule has 8 heteroatoms. The van der Waals surface area contributed by atoms with Gasteiger partial charge in [-0.1, -0.05) is 15.9 Å². The van der Waals surface area contributed by atoms with Crippen LogP contribution >= 0.6 is 15.9 Å². The third-order valence-corrected chi connectivity index (χ3v) is 3.79. The number of halogens is 1. The van der Waals surface area contributed by atoms with Crippen molar-refractivity contribution in [3.8, 4) is 5.75 Å². The first-order valence-corrected chi connectivity index (χ1v) is 8.22. The lowest BCUT2D eigenvalue weighted by Gasteiger charge is -2.13. The molecule has 1 rings (SSSR count). The predicted molar refractivity (Wildman–Crippen MR) is 78.4 cm³/mol. The normalized spacial score (nSPS) is 11.6. The van der Waals surface area contributed by atoms with Gasteiger partial charge in [-0.05, 0) is 24.6 Å². The van der Waals surface area contributed by atoms with Crippen molar-refractivity contribution in [1.29, 1.82) is 0 Å². The molecule has 0 radical (unpaired) electrons. The monoisotopic (exact) mass is 367 g/mol. The van der Waals surface area contributed by atoms with E-state index in [1.807, 2.05) is 0 Å². The molecule has 0 saturated heterocycles. The molecule has 1 aromatic carbocycles. The SMILES string of the molecule is COCCOCCOc1c(C)cc(Br)cc1S(N)(=O)=O. The minimum Gasteiger partial charge on any atom is -0.489 e. The van der Waals surface area contributed by atoms with Crippen LogP contribution in [0.3, 0.4) is 0 Å². The van der Waals surface area contributed by atoms with E-state index in [1.165, 1.54) is 6.07 Å². The molecule has 0 aromatic heterocycles. The summed E-state index contributed by atoms with van der Waals surface area (Å²) in [5, 5.41) is 5.19. The summed E-state index contributed by atoms with van der Waals surface area (Å²) in [7, 11) is -2.26. The van der Waals surface area contributed by atoms with Crippen LogP contribution in [-0.2, 0) is 19.5 Å². The number of sulfonamides is 1. The lowest BCUT2D eigenvalue weighted by atomic mass is 10.2. The summed E-state index contributed by atoms with van der Waals surface area (Å²) in [4.78, 5) is -0.0405. The van der Waals surface area contributed by atoms with Crippen LogP contribution in [0.5, 0.6) is 5.75 Å². The lowest BCUT2D eigenvalue weighted by Crippen LogP contribution is -2.16. The van der Waals surface area contributed by atoms with Gasteiger partial charge in [-0.2, -0.15) is 0 Å². The number of aryl methyl sites for hydroxylation is 1. The fourth-order valence-corrected chi connectivity index (χ4v) is 3.04. The number of rotatable bonds is 8. The zero-order valence-corrected chi connectivity index (χ0v) is 13.8. The Morgan fingerprint density at radius 2 is 1.85 bits per heavy atom. The van der Waals surface area contributed by atoms with Gasteiger partial charge in [0, 0.05) is 11.6 Å². The molecule has 0 aliphatic carbocycles. The van der Waals surface area contributed by atoms with Crippen molar-refractivity contribution >= 4 is 26.0 Å². The first-order chi connectivity index (χ1) is 9.36. The van der Waals surface area contributed by atoms with Gasteiger partial charge in [-0.3, -0.25) is 0 Å². The van der Waals surface area contributed by atoms with Gasteiger partial charge in [0.15, 0.2) is 0 Å². The van der Waals surface area contributed by atoms with Crippen LogP contribution in [0.4, 0.5) is 0 Å². The van der Waals surface area contributed by atoms with Crippen molar-refractivity contribution in [3.63, 3.8) is 0 Å². The molecule has 0 heterocycles. The van der Waals surface area contributed by atoms with Crippen LogP contribution < -0.4 is 9.88 Å². The van der Waals surface area contributed by atoms with Crippen molar-refractivity contribution in [1.82, 2.24) is 0 Å². The molecule has 0 saturated carbocycles. The second-order valence-corrected chi connectivity index (χ2v) is 6.49. The fourth-order valence-electron chi connectivity index (χ4n) is 1.54. The molecule has 114 valence electrons. The number of hydrogen-bond donors (Lipinski definition) is 1. The van der Waals surface area contributed by atoms with Crippen molar-refractivity contribution in [2.75, 3.05) is 33.5 Å². The third kappa shape index (κ3) is 5.37. The number of methoxy groups -OCH3 is 1. The summed E-state index contributed by atoms with van der Waals surface area (Å²) in [6.07, 6.45) is 0. The summed E-state index contributed by atoms with van der Waals surface area (Å²) >= 11 is 3.24. The highest BCUT2D eigenvalue weighted by molar-refractivity contribution is 9.10. The molecule has 0 atom stereocenters. The van der Waals surface area contributed by atoms with E-state index in [4.69, 9.17) is 19.3 Å². The molecular formula is C12H18BrNO5S. The van der Waals surface area contributed by atoms with Crippen LogP contribution in [-0.4, -0.2) is 42.0 Å². The molecule has 0 amide bonds. The van der Waals surface area contributed by atoms with Gasteiger partial charge in [-0.15, -0.1) is 0 Å². The molecular weight excluding hydrogens is 350 g/mol. The maximum Gasteiger partial charge on any atom is 0.241 e. The average Bonchev–Trinajstić information content (AvgIpc) is 2.34. The Balaban J connectivity index is 2.74. The van der Waals surface area contributed by atoms with Crippen LogP contribution in [0.15, 0.2) is 21.5 Å². The van der Waals surface area contributed by atoms with Crippen molar-refractivity contribution in [3.05, 3.63) is 22.2 Å². The van der Waals surface area contributed by atoms with Crippen LogP contribution in [0, 0.1) is 6.92 Å². The van der Waals surface area contributed by atoms with Gasteiger partial charge in [-0.25, -0.2) is 13.6 Å². The maximum atomic E-state index is 11.6. The Morgan fingerprint density at radius 3 is 2.45 bits per heavy atom. The number of benzene rings is 1. The predicted octanol–water partition coefficient (Wildman–Crippen LogP) is 1.45. The minimum absolute atomic E-state index is 0.0405. The zero-order chi connectivity index (χ0) is 15.2. The number of hydrogen-bond acceptors (Lipinski definition) is 5. The van der Waals surface area contributed by atoms with Crippen LogP contribution in [0.2, 0.25) is 0 Å². The first kappa shape index (κ1) is 17.4. The second kappa shape index (κ2) is 7.94. The molecule has 6 nitrogen and oxygen atoms in total. The molecule has 0 unspecified atom stereocenters. The zero-order valence-electron chi connectivity index (χ0n) is 11.4. The van der Waals surface area contributed by atoms with Gasteiger partial charge < -0.3 is 14.2 Å². The molecule has 0 aliphatic heterocycles. The van der Waals surface area contributed by atoms with Crippen molar-refractivity contribution in [2.45, 2.75) is 11.8 Å². The topological polar surface area (TPSA) is 87.8 Å². The molecule has 2 N–H and O–H groups in total. The molecule has 0 bridgehead atoms. The van der Waals surface area contributed by atoms with Gasteiger partial charge >= 0.3 is 0 Å². The first-order valence-electron chi connectivity index (χ1n) is 5.88. The largest absolute Gasteiger partial charge is 0.489 e. The second-order valence-electron chi connectivity index (χ2n) is 4.05. The van der Waals surface area contributed by atoms with Crippen LogP contribution in [0.1, 0.15) is 5.56 Å². The van der Waals surface area contributed by atoms with Crippen molar-refractivity contribution < 1.29 is 22.6 Å². The van der Waals surface area contributed by atoms with E-state index in [2.05, 4.69) is 15.9 Å². The van der Waals surface area contributed by atoms with E-state index in [9.17, 15) is 8.42 Å². The third-order valence-electron chi connectivity index (χ3n) is 2.42. The van der Waals surface area contributed by atoms with E-state index >= 15 is 0 Å². The van der Waals surface area contributed by atoms with E-state index in [0.29, 0.717) is 29.9 Å². The highest BCUT2D eigenvalue weighted by atomic mass is 79.9. The average molecular weight is 368 g/mol. The highest BCUT2D eigenvalue weighted by Gasteiger charge is 2.18. The highest BCUT2D eigenvalue weighted by Crippen LogP contribution is 2.30. The van der Waals surface area contributed by atoms with Crippen LogP contribution in [0.25, 0.3) is 0 Å². The summed E-state index contributed by atoms with van der Waals surface area (Å²) in [6.45, 7) is 3.28. The van der Waals surface area contributed by atoms with Gasteiger partial charge in [0.2, 0.25) is 10.0 Å². The van der Waals surface area contributed by atoms with Gasteiger partial charge in [0.25, 0.3) is 0 Å². The Morgan fingerprint density at radius 1 is 1.20 bits per heavy atom. The molecule has 0 aliphatic rings. The minimum atomic E-state index is -3.85. The van der Waals surface area contributed by atoms with E-state index in [1.54, 1.807) is 20.1 Å². The fraction of sp³-hybridized carbons (Fsp3) is 0.500. The summed E-state index contributed by atoms with van der Waals surface area (Å²) in [5.41, 5.74) is 0.681. The van der Waals surface area contributed by atoms with E-state index in [0.717, 1.165) is 0 Å². The maximum absolute atomic E-state index is 11.6. The molecule has 0 spiro atoms. The summed E-state index contributed by atoms with van der Waals surface area (Å²) in [6, 6.07) is 3.18. The quantitative estimate of drug-likeness (QED) is 0.702. The molecule has 20 heavy (non-hydrogen) atoms. The number of ether oxygens (including phenoxy) is 3. The van der Waals surface area contributed by atoms with E-state index in [-0.39, 0.29) is 17.3 Å². The molecule has 1 aromatic rings. The van der Waals surface area contributed by atoms with E-state index < -0.39 is 10.0 Å². The Labute approximate surface area is 127 Å². The summed E-state index contributed by atoms with van der Waals surface area (Å²) < 4.78 is 39.3. The smallest absolute Gasteiger partial charge is 0.241 e. The number of primary sulfonamides is 1. The Bertz CT molecular complexity index is 547. The Hall–Kier alpha value is -0.670. The van der Waals surface area contributed by atoms with Gasteiger partial charge in [0.05, 0.1) is 19.8 Å². The summed E-state index contributed by atoms with van der Waals surface area (Å²) in [5.74, 6) is 0.256. The number of nitrogens with two attached hydrogens (primary N) is 1. The lowest BCUT2D eigenvalue weighted by molar-refractivity contribution is 0.0538. The van der Waals surface area contributed by atoms with Crippen molar-refractivity contribution in [2.24, 2.45) is 5.14 Å².